The smallest absolute Gasteiger partial charge is 0.275 e. The highest BCUT2D eigenvalue weighted by Crippen LogP contribution is 2.31. The molecule has 0 amide bonds. The molecule has 2 heterocycles. The molecule has 0 aliphatic carbocycles. The van der Waals surface area contributed by atoms with Gasteiger partial charge in [0.1, 0.15) is 11.3 Å². The van der Waals surface area contributed by atoms with Gasteiger partial charge in [-0.2, -0.15) is 0 Å². The standard InChI is InChI=1S/C15H12N2O4/c1-8-7-10(18)13(19)14(21-8)11-12(16-17-15(11)20)9-5-3-2-4-6-9/h2-7,19H,1H3,(H2,16,17,20). The number of aromatic nitrogens is 2. The predicted molar refractivity (Wildman–Crippen MR) is 77.2 cm³/mol. The minimum absolute atomic E-state index is 0.0968. The Bertz CT molecular complexity index is 903. The molecule has 0 spiro atoms. The molecular formula is C15H12N2O4. The van der Waals surface area contributed by atoms with Gasteiger partial charge in [0.25, 0.3) is 5.56 Å². The van der Waals surface area contributed by atoms with E-state index in [1.54, 1.807) is 19.1 Å². The summed E-state index contributed by atoms with van der Waals surface area (Å²) in [5.41, 5.74) is 0.213. The molecule has 0 bridgehead atoms. The summed E-state index contributed by atoms with van der Waals surface area (Å²) in [6, 6.07) is 10.2. The van der Waals surface area contributed by atoms with Crippen LogP contribution in [0.4, 0.5) is 0 Å². The van der Waals surface area contributed by atoms with Gasteiger partial charge in [0.05, 0.1) is 5.69 Å². The number of aromatic amines is 2. The number of hydrogen-bond donors (Lipinski definition) is 3. The van der Waals surface area contributed by atoms with Crippen LogP contribution in [-0.4, -0.2) is 15.3 Å². The van der Waals surface area contributed by atoms with Crippen LogP contribution in [0.25, 0.3) is 22.6 Å². The van der Waals surface area contributed by atoms with Gasteiger partial charge in [0.15, 0.2) is 5.76 Å². The van der Waals surface area contributed by atoms with Crippen molar-refractivity contribution in [3.63, 3.8) is 0 Å². The first-order chi connectivity index (χ1) is 10.1. The Kier molecular flexibility index (Phi) is 2.98. The molecule has 0 saturated carbocycles. The highest BCUT2D eigenvalue weighted by Gasteiger charge is 2.21. The number of aryl methyl sites for hydroxylation is 1. The van der Waals surface area contributed by atoms with E-state index in [2.05, 4.69) is 10.2 Å². The van der Waals surface area contributed by atoms with Crippen LogP contribution in [0.2, 0.25) is 0 Å². The van der Waals surface area contributed by atoms with Crippen LogP contribution < -0.4 is 11.0 Å². The van der Waals surface area contributed by atoms with Crippen molar-refractivity contribution < 1.29 is 9.52 Å². The Labute approximate surface area is 118 Å². The van der Waals surface area contributed by atoms with Crippen molar-refractivity contribution in [3.8, 4) is 28.3 Å². The summed E-state index contributed by atoms with van der Waals surface area (Å²) in [6.45, 7) is 1.58. The highest BCUT2D eigenvalue weighted by atomic mass is 16.4. The van der Waals surface area contributed by atoms with Crippen molar-refractivity contribution in [1.29, 1.82) is 0 Å². The Hall–Kier alpha value is -3.02. The average Bonchev–Trinajstić information content (AvgIpc) is 2.85. The van der Waals surface area contributed by atoms with E-state index in [1.807, 2.05) is 18.2 Å². The van der Waals surface area contributed by atoms with Gasteiger partial charge in [0, 0.05) is 11.6 Å². The van der Waals surface area contributed by atoms with E-state index < -0.39 is 16.7 Å². The quantitative estimate of drug-likeness (QED) is 0.670. The maximum atomic E-state index is 12.0. The van der Waals surface area contributed by atoms with Gasteiger partial charge < -0.3 is 9.52 Å². The topological polar surface area (TPSA) is 99.1 Å². The fraction of sp³-hybridized carbons (Fsp3) is 0.0667. The van der Waals surface area contributed by atoms with Crippen LogP contribution in [-0.2, 0) is 0 Å². The average molecular weight is 284 g/mol. The molecule has 0 radical (unpaired) electrons. The molecule has 3 N–H and O–H groups in total. The lowest BCUT2D eigenvalue weighted by Gasteiger charge is -2.05. The van der Waals surface area contributed by atoms with Crippen molar-refractivity contribution in [2.45, 2.75) is 6.92 Å². The third-order valence-corrected chi connectivity index (χ3v) is 3.11. The van der Waals surface area contributed by atoms with Gasteiger partial charge >= 0.3 is 0 Å². The van der Waals surface area contributed by atoms with Crippen LogP contribution in [0, 0.1) is 6.92 Å². The second kappa shape index (κ2) is 4.82. The fourth-order valence-electron chi connectivity index (χ4n) is 2.17. The van der Waals surface area contributed by atoms with E-state index in [4.69, 9.17) is 4.42 Å². The molecular weight excluding hydrogens is 272 g/mol. The van der Waals surface area contributed by atoms with Gasteiger partial charge in [-0.05, 0) is 6.92 Å². The molecule has 3 aromatic rings. The molecule has 1 aromatic carbocycles. The monoisotopic (exact) mass is 284 g/mol. The molecule has 0 saturated heterocycles. The van der Waals surface area contributed by atoms with Crippen molar-refractivity contribution in [2.75, 3.05) is 0 Å². The molecule has 0 unspecified atom stereocenters. The number of rotatable bonds is 2. The Morgan fingerprint density at radius 2 is 1.81 bits per heavy atom. The summed E-state index contributed by atoms with van der Waals surface area (Å²) in [5.74, 6) is -0.406. The number of H-pyrrole nitrogens is 2. The second-order valence-corrected chi connectivity index (χ2v) is 4.59. The minimum atomic E-state index is -0.589. The van der Waals surface area contributed by atoms with Gasteiger partial charge in [0.2, 0.25) is 11.2 Å². The number of nitrogens with one attached hydrogen (secondary N) is 2. The zero-order chi connectivity index (χ0) is 15.0. The van der Waals surface area contributed by atoms with Crippen LogP contribution in [0.3, 0.4) is 0 Å². The summed E-state index contributed by atoms with van der Waals surface area (Å²) in [5, 5.41) is 15.1. The van der Waals surface area contributed by atoms with Crippen molar-refractivity contribution in [2.24, 2.45) is 0 Å². The largest absolute Gasteiger partial charge is 0.502 e. The van der Waals surface area contributed by atoms with E-state index in [0.717, 1.165) is 5.56 Å². The molecule has 106 valence electrons. The van der Waals surface area contributed by atoms with Crippen LogP contribution in [0.1, 0.15) is 5.76 Å². The molecule has 2 aromatic heterocycles. The zero-order valence-electron chi connectivity index (χ0n) is 11.1. The lowest BCUT2D eigenvalue weighted by atomic mass is 10.1. The van der Waals surface area contributed by atoms with E-state index in [9.17, 15) is 14.7 Å². The molecule has 0 fully saturated rings. The van der Waals surface area contributed by atoms with Crippen molar-refractivity contribution >= 4 is 0 Å². The van der Waals surface area contributed by atoms with E-state index in [0.29, 0.717) is 11.5 Å². The number of hydrogen-bond acceptors (Lipinski definition) is 4. The SMILES string of the molecule is Cc1cc(=O)c(O)c(-c2c(-c3ccccc3)[nH][nH]c2=O)o1. The molecule has 6 heteroatoms. The van der Waals surface area contributed by atoms with E-state index in [-0.39, 0.29) is 11.3 Å². The summed E-state index contributed by atoms with van der Waals surface area (Å²) in [6.07, 6.45) is 0. The van der Waals surface area contributed by atoms with E-state index >= 15 is 0 Å². The van der Waals surface area contributed by atoms with Crippen molar-refractivity contribution in [1.82, 2.24) is 10.2 Å². The first-order valence-corrected chi connectivity index (χ1v) is 6.28. The summed E-state index contributed by atoms with van der Waals surface area (Å²) in [7, 11) is 0. The normalized spacial score (nSPS) is 10.7. The van der Waals surface area contributed by atoms with Gasteiger partial charge in [-0.25, -0.2) is 0 Å². The van der Waals surface area contributed by atoms with Gasteiger partial charge in [-0.15, -0.1) is 0 Å². The molecule has 6 nitrogen and oxygen atoms in total. The third-order valence-electron chi connectivity index (χ3n) is 3.11. The van der Waals surface area contributed by atoms with Crippen LogP contribution >= 0.6 is 0 Å². The Morgan fingerprint density at radius 3 is 2.52 bits per heavy atom. The maximum absolute atomic E-state index is 12.0. The summed E-state index contributed by atoms with van der Waals surface area (Å²) >= 11 is 0. The summed E-state index contributed by atoms with van der Waals surface area (Å²) in [4.78, 5) is 23.7. The predicted octanol–water partition coefficient (Wildman–Crippen LogP) is 2.00. The minimum Gasteiger partial charge on any atom is -0.502 e. The Balaban J connectivity index is 2.33. The number of aromatic hydroxyl groups is 1. The molecule has 0 aliphatic heterocycles. The first kappa shape index (κ1) is 13.0. The van der Waals surface area contributed by atoms with E-state index in [1.165, 1.54) is 6.07 Å². The van der Waals surface area contributed by atoms with Crippen LogP contribution in [0.15, 0.2) is 50.4 Å². The lowest BCUT2D eigenvalue weighted by Crippen LogP contribution is -2.06. The Morgan fingerprint density at radius 1 is 1.10 bits per heavy atom. The fourth-order valence-corrected chi connectivity index (χ4v) is 2.17. The molecule has 0 atom stereocenters. The lowest BCUT2D eigenvalue weighted by molar-refractivity contribution is 0.430. The zero-order valence-corrected chi connectivity index (χ0v) is 11.1. The van der Waals surface area contributed by atoms with Gasteiger partial charge in [-0.1, -0.05) is 30.3 Å². The molecule has 3 rings (SSSR count). The first-order valence-electron chi connectivity index (χ1n) is 6.28. The highest BCUT2D eigenvalue weighted by molar-refractivity contribution is 5.79. The maximum Gasteiger partial charge on any atom is 0.275 e. The summed E-state index contributed by atoms with van der Waals surface area (Å²) < 4.78 is 5.39. The molecule has 0 aliphatic rings. The van der Waals surface area contributed by atoms with Gasteiger partial charge in [-0.3, -0.25) is 19.8 Å². The second-order valence-electron chi connectivity index (χ2n) is 4.59. The van der Waals surface area contributed by atoms with Crippen molar-refractivity contribution in [3.05, 3.63) is 62.7 Å². The van der Waals surface area contributed by atoms with Crippen LogP contribution in [0.5, 0.6) is 5.75 Å². The third kappa shape index (κ3) is 2.16. The molecule has 21 heavy (non-hydrogen) atoms. The number of benzene rings is 1.